The van der Waals surface area contributed by atoms with Crippen LogP contribution in [0.25, 0.3) is 49.4 Å². The van der Waals surface area contributed by atoms with Crippen LogP contribution in [0.1, 0.15) is 11.1 Å². The lowest BCUT2D eigenvalue weighted by Gasteiger charge is -2.14. The molecule has 5 aromatic carbocycles. The van der Waals surface area contributed by atoms with Crippen molar-refractivity contribution in [3.8, 4) is 16.8 Å². The summed E-state index contributed by atoms with van der Waals surface area (Å²) in [5, 5.41) is 20.8. The van der Waals surface area contributed by atoms with Gasteiger partial charge in [0, 0.05) is 34.3 Å². The summed E-state index contributed by atoms with van der Waals surface area (Å²) in [5.74, 6) is 0. The average molecular weight is 424 g/mol. The van der Waals surface area contributed by atoms with Crippen LogP contribution in [0.2, 0.25) is 0 Å². The normalized spacial score (nSPS) is 11.3. The van der Waals surface area contributed by atoms with Crippen LogP contribution in [-0.2, 0) is 0 Å². The van der Waals surface area contributed by atoms with Crippen molar-refractivity contribution in [2.24, 2.45) is 0 Å². The van der Waals surface area contributed by atoms with Crippen LogP contribution in [-0.4, -0.2) is 17.0 Å². The fraction of sp³-hybridized carbons (Fsp3) is 0. The van der Waals surface area contributed by atoms with Crippen LogP contribution in [0.5, 0.6) is 0 Å². The monoisotopic (exact) mass is 423 g/mol. The Balaban J connectivity index is 1.82. The van der Waals surface area contributed by atoms with Crippen molar-refractivity contribution in [3.05, 3.63) is 114 Å². The molecule has 1 aromatic heterocycles. The zero-order valence-corrected chi connectivity index (χ0v) is 17.9. The number of nitrogens with one attached hydrogen (secondary N) is 2. The second-order valence-electron chi connectivity index (χ2n) is 8.19. The highest BCUT2D eigenvalue weighted by Crippen LogP contribution is 2.39. The van der Waals surface area contributed by atoms with E-state index in [1.54, 1.807) is 0 Å². The number of aromatic nitrogens is 1. The van der Waals surface area contributed by atoms with Crippen molar-refractivity contribution in [1.82, 2.24) is 4.57 Å². The van der Waals surface area contributed by atoms with E-state index in [1.807, 2.05) is 24.3 Å². The molecule has 6 rings (SSSR count). The first-order chi connectivity index (χ1) is 16.3. The third kappa shape index (κ3) is 2.90. The van der Waals surface area contributed by atoms with E-state index < -0.39 is 0 Å². The Bertz CT molecular complexity index is 1660. The van der Waals surface area contributed by atoms with Gasteiger partial charge in [-0.2, -0.15) is 0 Å². The van der Waals surface area contributed by atoms with Crippen molar-refractivity contribution < 1.29 is 0 Å². The Labute approximate surface area is 191 Å². The fourth-order valence-corrected chi connectivity index (χ4v) is 4.91. The standard InChI is InChI=1S/C30H21N3/c31-18-23-10-6-11-24(19-32)30(23)33-27-15-14-22(20-7-2-1-3-8-20)17-26(27)29-25-12-5-4-9-21(25)13-16-28(29)33/h1-19,31-32H. The van der Waals surface area contributed by atoms with Gasteiger partial charge in [-0.1, -0.05) is 84.9 Å². The Morgan fingerprint density at radius 2 is 1.24 bits per heavy atom. The summed E-state index contributed by atoms with van der Waals surface area (Å²) < 4.78 is 2.21. The van der Waals surface area contributed by atoms with E-state index >= 15 is 0 Å². The number of rotatable bonds is 4. The second kappa shape index (κ2) is 7.57. The molecule has 0 aliphatic heterocycles. The van der Waals surface area contributed by atoms with Crippen molar-refractivity contribution in [3.63, 3.8) is 0 Å². The zero-order chi connectivity index (χ0) is 22.4. The molecule has 33 heavy (non-hydrogen) atoms. The summed E-state index contributed by atoms with van der Waals surface area (Å²) in [7, 11) is 0. The van der Waals surface area contributed by atoms with Gasteiger partial charge in [0.05, 0.1) is 16.7 Å². The van der Waals surface area contributed by atoms with Crippen molar-refractivity contribution >= 4 is 45.0 Å². The molecule has 2 N–H and O–H groups in total. The first-order valence-corrected chi connectivity index (χ1v) is 11.0. The lowest BCUT2D eigenvalue weighted by atomic mass is 10.0. The predicted octanol–water partition coefficient (Wildman–Crippen LogP) is 7.60. The Hall–Kier alpha value is -4.50. The van der Waals surface area contributed by atoms with E-state index in [0.29, 0.717) is 0 Å². The smallest absolute Gasteiger partial charge is 0.0637 e. The lowest BCUT2D eigenvalue weighted by Crippen LogP contribution is -2.03. The van der Waals surface area contributed by atoms with Gasteiger partial charge in [-0.15, -0.1) is 0 Å². The Morgan fingerprint density at radius 1 is 0.545 bits per heavy atom. The van der Waals surface area contributed by atoms with Crippen LogP contribution in [0.4, 0.5) is 0 Å². The van der Waals surface area contributed by atoms with Crippen LogP contribution in [0.3, 0.4) is 0 Å². The molecule has 0 spiro atoms. The summed E-state index contributed by atoms with van der Waals surface area (Å²) in [6, 6.07) is 35.6. The van der Waals surface area contributed by atoms with Crippen LogP contribution >= 0.6 is 0 Å². The molecule has 0 unspecified atom stereocenters. The van der Waals surface area contributed by atoms with Gasteiger partial charge < -0.3 is 15.4 Å². The molecule has 3 nitrogen and oxygen atoms in total. The maximum atomic E-state index is 8.04. The van der Waals surface area contributed by atoms with Crippen molar-refractivity contribution in [1.29, 1.82) is 10.8 Å². The van der Waals surface area contributed by atoms with E-state index in [2.05, 4.69) is 83.4 Å². The van der Waals surface area contributed by atoms with Gasteiger partial charge in [-0.05, 0) is 40.1 Å². The summed E-state index contributed by atoms with van der Waals surface area (Å²) in [5.41, 5.74) is 6.93. The quantitative estimate of drug-likeness (QED) is 0.274. The minimum Gasteiger partial charge on any atom is -0.308 e. The average Bonchev–Trinajstić information content (AvgIpc) is 3.22. The number of nitrogens with zero attached hydrogens (tertiary/aromatic N) is 1. The fourth-order valence-electron chi connectivity index (χ4n) is 4.91. The molecule has 6 aromatic rings. The van der Waals surface area contributed by atoms with Gasteiger partial charge in [0.2, 0.25) is 0 Å². The molecule has 0 aliphatic carbocycles. The van der Waals surface area contributed by atoms with Gasteiger partial charge in [-0.3, -0.25) is 0 Å². The maximum Gasteiger partial charge on any atom is 0.0637 e. The first-order valence-electron chi connectivity index (χ1n) is 11.0. The molecule has 0 aliphatic rings. The van der Waals surface area contributed by atoms with Crippen LogP contribution < -0.4 is 0 Å². The van der Waals surface area contributed by atoms with E-state index in [9.17, 15) is 0 Å². The van der Waals surface area contributed by atoms with E-state index in [-0.39, 0.29) is 0 Å². The van der Waals surface area contributed by atoms with E-state index in [4.69, 9.17) is 10.8 Å². The molecule has 0 saturated heterocycles. The number of fused-ring (bicyclic) bond motifs is 5. The summed E-state index contributed by atoms with van der Waals surface area (Å²) in [4.78, 5) is 0. The highest BCUT2D eigenvalue weighted by atomic mass is 15.0. The lowest BCUT2D eigenvalue weighted by molar-refractivity contribution is 1.17. The number of hydrogen-bond donors (Lipinski definition) is 2. The second-order valence-corrected chi connectivity index (χ2v) is 8.19. The third-order valence-corrected chi connectivity index (χ3v) is 6.39. The van der Waals surface area contributed by atoms with Crippen molar-refractivity contribution in [2.75, 3.05) is 0 Å². The molecule has 0 bridgehead atoms. The van der Waals surface area contributed by atoms with Gasteiger partial charge in [-0.25, -0.2) is 0 Å². The number of para-hydroxylation sites is 1. The Kier molecular flexibility index (Phi) is 4.41. The Morgan fingerprint density at radius 3 is 2.00 bits per heavy atom. The van der Waals surface area contributed by atoms with E-state index in [1.165, 1.54) is 45.1 Å². The minimum absolute atomic E-state index is 0.787. The largest absolute Gasteiger partial charge is 0.308 e. The molecule has 3 heteroatoms. The number of benzene rings is 5. The summed E-state index contributed by atoms with van der Waals surface area (Å²) in [6.45, 7) is 0. The molecular weight excluding hydrogens is 402 g/mol. The molecule has 156 valence electrons. The number of hydrogen-bond acceptors (Lipinski definition) is 2. The molecule has 0 radical (unpaired) electrons. The summed E-state index contributed by atoms with van der Waals surface area (Å²) in [6.07, 6.45) is 2.75. The first kappa shape index (κ1) is 19.2. The molecule has 1 heterocycles. The molecule has 0 atom stereocenters. The highest BCUT2D eigenvalue weighted by molar-refractivity contribution is 6.22. The highest BCUT2D eigenvalue weighted by Gasteiger charge is 2.18. The molecule has 0 amide bonds. The predicted molar refractivity (Wildman–Crippen MR) is 139 cm³/mol. The van der Waals surface area contributed by atoms with Crippen LogP contribution in [0, 0.1) is 10.8 Å². The zero-order valence-electron chi connectivity index (χ0n) is 17.9. The van der Waals surface area contributed by atoms with Gasteiger partial charge in [0.1, 0.15) is 0 Å². The minimum atomic E-state index is 0.787. The molecule has 0 saturated carbocycles. The van der Waals surface area contributed by atoms with Crippen LogP contribution in [0.15, 0.2) is 103 Å². The third-order valence-electron chi connectivity index (χ3n) is 6.39. The van der Waals surface area contributed by atoms with Gasteiger partial charge >= 0.3 is 0 Å². The summed E-state index contributed by atoms with van der Waals surface area (Å²) >= 11 is 0. The van der Waals surface area contributed by atoms with E-state index in [0.717, 1.165) is 27.8 Å². The molecular formula is C30H21N3. The SMILES string of the molecule is N=Cc1cccc(C=N)c1-n1c2ccc(-c3ccccc3)cc2c2c3ccccc3ccc21. The topological polar surface area (TPSA) is 52.6 Å². The maximum absolute atomic E-state index is 8.04. The molecule has 0 fully saturated rings. The van der Waals surface area contributed by atoms with Crippen molar-refractivity contribution in [2.45, 2.75) is 0 Å². The van der Waals surface area contributed by atoms with Gasteiger partial charge in [0.25, 0.3) is 0 Å². The van der Waals surface area contributed by atoms with Gasteiger partial charge in [0.15, 0.2) is 0 Å².